The SMILES string of the molecule is Nc1nc(Oc2ccc(Br)cc2[N+](=O)[O-])c(F)cc1F. The van der Waals surface area contributed by atoms with Crippen LogP contribution in [-0.4, -0.2) is 9.91 Å². The van der Waals surface area contributed by atoms with Gasteiger partial charge in [-0.2, -0.15) is 4.98 Å². The molecule has 6 nitrogen and oxygen atoms in total. The topological polar surface area (TPSA) is 91.3 Å². The number of pyridine rings is 1. The van der Waals surface area contributed by atoms with Gasteiger partial charge in [-0.25, -0.2) is 8.78 Å². The fraction of sp³-hybridized carbons (Fsp3) is 0. The normalized spacial score (nSPS) is 10.3. The number of nitro benzene ring substituents is 1. The molecular weight excluding hydrogens is 340 g/mol. The first kappa shape index (κ1) is 14.1. The summed E-state index contributed by atoms with van der Waals surface area (Å²) in [6, 6.07) is 4.39. The molecule has 0 bridgehead atoms. The van der Waals surface area contributed by atoms with E-state index in [1.807, 2.05) is 0 Å². The quantitative estimate of drug-likeness (QED) is 0.679. The molecule has 0 saturated heterocycles. The Bertz CT molecular complexity index is 697. The van der Waals surface area contributed by atoms with Crippen molar-refractivity contribution < 1.29 is 18.4 Å². The number of hydrogen-bond acceptors (Lipinski definition) is 5. The average Bonchev–Trinajstić information content (AvgIpc) is 2.37. The van der Waals surface area contributed by atoms with Gasteiger partial charge < -0.3 is 10.5 Å². The maximum Gasteiger partial charge on any atom is 0.312 e. The number of nitrogens with zero attached hydrogens (tertiary/aromatic N) is 2. The van der Waals surface area contributed by atoms with Gasteiger partial charge >= 0.3 is 5.69 Å². The zero-order valence-corrected chi connectivity index (χ0v) is 11.2. The van der Waals surface area contributed by atoms with Gasteiger partial charge in [0.2, 0.25) is 5.75 Å². The predicted molar refractivity (Wildman–Crippen MR) is 69.4 cm³/mol. The number of aromatic nitrogens is 1. The molecule has 2 rings (SSSR count). The number of nitrogen functional groups attached to an aromatic ring is 1. The molecule has 9 heteroatoms. The van der Waals surface area contributed by atoms with E-state index in [1.165, 1.54) is 18.2 Å². The van der Waals surface area contributed by atoms with Crippen LogP contribution in [0.4, 0.5) is 20.3 Å². The Balaban J connectivity index is 2.45. The number of halogens is 3. The van der Waals surface area contributed by atoms with Crippen LogP contribution in [-0.2, 0) is 0 Å². The number of rotatable bonds is 3. The molecule has 1 aromatic carbocycles. The second-order valence-electron chi connectivity index (χ2n) is 3.61. The fourth-order valence-corrected chi connectivity index (χ4v) is 1.71. The van der Waals surface area contributed by atoms with Crippen LogP contribution in [0.2, 0.25) is 0 Å². The lowest BCUT2D eigenvalue weighted by Crippen LogP contribution is -2.01. The molecule has 20 heavy (non-hydrogen) atoms. The number of nitro groups is 1. The lowest BCUT2D eigenvalue weighted by molar-refractivity contribution is -0.385. The van der Waals surface area contributed by atoms with E-state index in [0.717, 1.165) is 0 Å². The van der Waals surface area contributed by atoms with Gasteiger partial charge in [-0.1, -0.05) is 15.9 Å². The Morgan fingerprint density at radius 1 is 1.30 bits per heavy atom. The molecule has 0 aliphatic heterocycles. The van der Waals surface area contributed by atoms with E-state index in [9.17, 15) is 18.9 Å². The third-order valence-electron chi connectivity index (χ3n) is 2.25. The van der Waals surface area contributed by atoms with Gasteiger partial charge in [-0.05, 0) is 12.1 Å². The van der Waals surface area contributed by atoms with Crippen LogP contribution in [0.5, 0.6) is 11.6 Å². The molecular formula is C11H6BrF2N3O3. The average molecular weight is 346 g/mol. The van der Waals surface area contributed by atoms with Gasteiger partial charge in [-0.15, -0.1) is 0 Å². The summed E-state index contributed by atoms with van der Waals surface area (Å²) in [4.78, 5) is 13.5. The van der Waals surface area contributed by atoms with Crippen molar-refractivity contribution >= 4 is 27.4 Å². The zero-order chi connectivity index (χ0) is 14.9. The van der Waals surface area contributed by atoms with Crippen LogP contribution >= 0.6 is 15.9 Å². The summed E-state index contributed by atoms with van der Waals surface area (Å²) in [5.41, 5.74) is 4.79. The molecule has 2 aromatic rings. The summed E-state index contributed by atoms with van der Waals surface area (Å²) >= 11 is 3.07. The third kappa shape index (κ3) is 2.82. The monoisotopic (exact) mass is 345 g/mol. The van der Waals surface area contributed by atoms with Crippen molar-refractivity contribution in [3.8, 4) is 11.6 Å². The molecule has 0 spiro atoms. The van der Waals surface area contributed by atoms with Gasteiger partial charge in [0.05, 0.1) is 4.92 Å². The number of anilines is 1. The summed E-state index contributed by atoms with van der Waals surface area (Å²) < 4.78 is 31.9. The van der Waals surface area contributed by atoms with E-state index >= 15 is 0 Å². The molecule has 1 aromatic heterocycles. The van der Waals surface area contributed by atoms with Crippen LogP contribution < -0.4 is 10.5 Å². The summed E-state index contributed by atoms with van der Waals surface area (Å²) in [5.74, 6) is -3.61. The Kier molecular flexibility index (Phi) is 3.79. The highest BCUT2D eigenvalue weighted by Crippen LogP contribution is 2.34. The lowest BCUT2D eigenvalue weighted by atomic mass is 10.3. The molecule has 0 amide bonds. The first-order valence-corrected chi connectivity index (χ1v) is 5.91. The maximum atomic E-state index is 13.5. The lowest BCUT2D eigenvalue weighted by Gasteiger charge is -2.07. The molecule has 0 atom stereocenters. The third-order valence-corrected chi connectivity index (χ3v) is 2.74. The van der Waals surface area contributed by atoms with Crippen molar-refractivity contribution in [3.05, 3.63) is 50.5 Å². The molecule has 0 unspecified atom stereocenters. The number of nitrogens with two attached hydrogens (primary N) is 1. The van der Waals surface area contributed by atoms with Gasteiger partial charge in [0.1, 0.15) is 0 Å². The number of benzene rings is 1. The highest BCUT2D eigenvalue weighted by molar-refractivity contribution is 9.10. The second-order valence-corrected chi connectivity index (χ2v) is 4.53. The van der Waals surface area contributed by atoms with E-state index in [-0.39, 0.29) is 5.75 Å². The molecule has 104 valence electrons. The molecule has 0 aliphatic carbocycles. The van der Waals surface area contributed by atoms with Crippen molar-refractivity contribution in [2.75, 3.05) is 5.73 Å². The van der Waals surface area contributed by atoms with Crippen LogP contribution in [0.25, 0.3) is 0 Å². The van der Waals surface area contributed by atoms with Crippen molar-refractivity contribution in [1.29, 1.82) is 0 Å². The van der Waals surface area contributed by atoms with Crippen molar-refractivity contribution in [2.45, 2.75) is 0 Å². The molecule has 0 fully saturated rings. The molecule has 0 aliphatic rings. The first-order chi connectivity index (χ1) is 9.38. The summed E-state index contributed by atoms with van der Waals surface area (Å²) in [6.45, 7) is 0. The van der Waals surface area contributed by atoms with Gasteiger partial charge in [-0.3, -0.25) is 10.1 Å². The minimum atomic E-state index is -1.12. The van der Waals surface area contributed by atoms with Crippen LogP contribution in [0.3, 0.4) is 0 Å². The second kappa shape index (κ2) is 5.37. The van der Waals surface area contributed by atoms with E-state index in [1.54, 1.807) is 0 Å². The smallest absolute Gasteiger partial charge is 0.312 e. The summed E-state index contributed by atoms with van der Waals surface area (Å²) in [6.07, 6.45) is 0. The predicted octanol–water partition coefficient (Wildman–Crippen LogP) is 3.41. The van der Waals surface area contributed by atoms with E-state index in [0.29, 0.717) is 10.5 Å². The Morgan fingerprint density at radius 2 is 2.00 bits per heavy atom. The first-order valence-electron chi connectivity index (χ1n) is 5.12. The standard InChI is InChI=1S/C11H6BrF2N3O3/c12-5-1-2-9(8(3-5)17(18)19)20-11-7(14)4-6(13)10(15)16-11/h1-4H,(H2,15,16). The summed E-state index contributed by atoms with van der Waals surface area (Å²) in [5, 5.41) is 10.9. The Hall–Kier alpha value is -2.29. The van der Waals surface area contributed by atoms with Gasteiger partial charge in [0.15, 0.2) is 17.5 Å². The maximum absolute atomic E-state index is 13.5. The van der Waals surface area contributed by atoms with Crippen molar-refractivity contribution in [2.24, 2.45) is 0 Å². The molecule has 1 heterocycles. The highest BCUT2D eigenvalue weighted by atomic mass is 79.9. The van der Waals surface area contributed by atoms with Gasteiger partial charge in [0, 0.05) is 16.6 Å². The fourth-order valence-electron chi connectivity index (χ4n) is 1.36. The van der Waals surface area contributed by atoms with Crippen LogP contribution in [0, 0.1) is 21.7 Å². The molecule has 0 radical (unpaired) electrons. The van der Waals surface area contributed by atoms with Crippen molar-refractivity contribution in [3.63, 3.8) is 0 Å². The van der Waals surface area contributed by atoms with E-state index in [4.69, 9.17) is 10.5 Å². The van der Waals surface area contributed by atoms with Crippen LogP contribution in [0.1, 0.15) is 0 Å². The molecule has 2 N–H and O–H groups in total. The Morgan fingerprint density at radius 3 is 2.65 bits per heavy atom. The van der Waals surface area contributed by atoms with Gasteiger partial charge in [0.25, 0.3) is 5.88 Å². The minimum Gasteiger partial charge on any atom is -0.429 e. The number of ether oxygens (including phenoxy) is 1. The number of hydrogen-bond donors (Lipinski definition) is 1. The summed E-state index contributed by atoms with van der Waals surface area (Å²) in [7, 11) is 0. The Labute approximate surface area is 119 Å². The largest absolute Gasteiger partial charge is 0.429 e. The van der Waals surface area contributed by atoms with E-state index in [2.05, 4.69) is 20.9 Å². The van der Waals surface area contributed by atoms with Crippen LogP contribution in [0.15, 0.2) is 28.7 Å². The van der Waals surface area contributed by atoms with Crippen molar-refractivity contribution in [1.82, 2.24) is 4.98 Å². The minimum absolute atomic E-state index is 0.240. The van der Waals surface area contributed by atoms with E-state index < -0.39 is 33.9 Å². The zero-order valence-electron chi connectivity index (χ0n) is 9.64. The molecule has 0 saturated carbocycles. The highest BCUT2D eigenvalue weighted by Gasteiger charge is 2.19.